The highest BCUT2D eigenvalue weighted by Crippen LogP contribution is 2.32. The number of hydrogen-bond acceptors (Lipinski definition) is 3. The minimum atomic E-state index is 0. The molecule has 0 bridgehead atoms. The second kappa shape index (κ2) is 7.73. The van der Waals surface area contributed by atoms with Crippen LogP contribution in [0.2, 0.25) is 5.02 Å². The van der Waals surface area contributed by atoms with Crippen molar-refractivity contribution in [3.63, 3.8) is 0 Å². The lowest BCUT2D eigenvalue weighted by atomic mass is 10.1. The Hall–Kier alpha value is -1.97. The molecule has 24 heavy (non-hydrogen) atoms. The Morgan fingerprint density at radius 3 is 2.62 bits per heavy atom. The van der Waals surface area contributed by atoms with E-state index in [1.807, 2.05) is 63.2 Å². The van der Waals surface area contributed by atoms with Crippen molar-refractivity contribution in [3.8, 4) is 5.75 Å². The van der Waals surface area contributed by atoms with Crippen molar-refractivity contribution in [2.45, 2.75) is 20.8 Å². The maximum atomic E-state index is 6.22. The van der Waals surface area contributed by atoms with Crippen LogP contribution in [0.5, 0.6) is 5.75 Å². The summed E-state index contributed by atoms with van der Waals surface area (Å²) in [6, 6.07) is 13.9. The van der Waals surface area contributed by atoms with E-state index in [1.165, 1.54) is 0 Å². The third kappa shape index (κ3) is 3.74. The first-order chi connectivity index (χ1) is 11.1. The van der Waals surface area contributed by atoms with Gasteiger partial charge in [0, 0.05) is 27.5 Å². The number of nitrogens with one attached hydrogen (secondary N) is 1. The minimum absolute atomic E-state index is 0. The molecule has 0 saturated carbocycles. The molecule has 3 nitrogen and oxygen atoms in total. The van der Waals surface area contributed by atoms with Gasteiger partial charge in [0.15, 0.2) is 0 Å². The van der Waals surface area contributed by atoms with E-state index in [4.69, 9.17) is 16.3 Å². The lowest BCUT2D eigenvalue weighted by molar-refractivity contribution is 0.340. The van der Waals surface area contributed by atoms with Gasteiger partial charge in [0.1, 0.15) is 5.75 Å². The smallest absolute Gasteiger partial charge is 0.120 e. The molecule has 0 amide bonds. The van der Waals surface area contributed by atoms with Crippen molar-refractivity contribution in [3.05, 3.63) is 58.7 Å². The normalized spacial score (nSPS) is 10.3. The fourth-order valence-electron chi connectivity index (χ4n) is 2.59. The van der Waals surface area contributed by atoms with Crippen LogP contribution in [0.1, 0.15) is 18.2 Å². The number of hydrogen-bond donors (Lipinski definition) is 1. The Morgan fingerprint density at radius 1 is 1.08 bits per heavy atom. The van der Waals surface area contributed by atoms with E-state index < -0.39 is 0 Å². The number of benzene rings is 2. The second-order valence-corrected chi connectivity index (χ2v) is 5.87. The van der Waals surface area contributed by atoms with Crippen molar-refractivity contribution >= 4 is 46.3 Å². The van der Waals surface area contributed by atoms with Crippen LogP contribution in [0, 0.1) is 13.8 Å². The number of fused-ring (bicyclic) bond motifs is 1. The largest absolute Gasteiger partial charge is 0.494 e. The topological polar surface area (TPSA) is 34.1 Å². The molecule has 0 aliphatic carbocycles. The third-order valence-electron chi connectivity index (χ3n) is 3.76. The number of rotatable bonds is 4. The highest BCUT2D eigenvalue weighted by molar-refractivity contribution is 6.31. The van der Waals surface area contributed by atoms with Gasteiger partial charge in [-0.2, -0.15) is 0 Å². The predicted molar refractivity (Wildman–Crippen MR) is 104 cm³/mol. The summed E-state index contributed by atoms with van der Waals surface area (Å²) in [5.41, 5.74) is 4.92. The van der Waals surface area contributed by atoms with Crippen LogP contribution in [-0.2, 0) is 0 Å². The van der Waals surface area contributed by atoms with Gasteiger partial charge >= 0.3 is 0 Å². The van der Waals surface area contributed by atoms with Crippen molar-refractivity contribution in [1.82, 2.24) is 4.98 Å². The van der Waals surface area contributed by atoms with Gasteiger partial charge in [0.25, 0.3) is 0 Å². The van der Waals surface area contributed by atoms with Gasteiger partial charge in [-0.05, 0) is 62.7 Å². The van der Waals surface area contributed by atoms with Crippen molar-refractivity contribution in [1.29, 1.82) is 0 Å². The molecule has 126 valence electrons. The number of aromatic nitrogens is 1. The number of anilines is 2. The molecular weight excluding hydrogens is 343 g/mol. The highest BCUT2D eigenvalue weighted by atomic mass is 35.5. The van der Waals surface area contributed by atoms with Gasteiger partial charge in [-0.1, -0.05) is 17.7 Å². The van der Waals surface area contributed by atoms with Crippen LogP contribution in [0.4, 0.5) is 11.4 Å². The molecule has 5 heteroatoms. The molecule has 0 atom stereocenters. The number of halogens is 2. The molecule has 0 aliphatic rings. The van der Waals surface area contributed by atoms with Crippen LogP contribution >= 0.6 is 24.0 Å². The monoisotopic (exact) mass is 362 g/mol. The quantitative estimate of drug-likeness (QED) is 0.611. The van der Waals surface area contributed by atoms with Crippen LogP contribution < -0.4 is 10.1 Å². The number of ether oxygens (including phenoxy) is 1. The summed E-state index contributed by atoms with van der Waals surface area (Å²) in [7, 11) is 0. The summed E-state index contributed by atoms with van der Waals surface area (Å²) >= 11 is 6.22. The molecule has 1 heterocycles. The summed E-state index contributed by atoms with van der Waals surface area (Å²) < 4.78 is 5.62. The lowest BCUT2D eigenvalue weighted by Gasteiger charge is -2.14. The number of aryl methyl sites for hydroxylation is 1. The first kappa shape index (κ1) is 18.4. The maximum Gasteiger partial charge on any atom is 0.120 e. The maximum absolute atomic E-state index is 6.22. The first-order valence-corrected chi connectivity index (χ1v) is 8.02. The molecule has 0 radical (unpaired) electrons. The fraction of sp³-hybridized carbons (Fsp3) is 0.211. The standard InChI is InChI=1S/C19H19ClN2O.ClH/c1-4-23-14-8-9-18-15(11-14)19(10-12(2)21-18)22-17-7-5-6-16(20)13(17)3;/h5-11H,4H2,1-3H3,(H,21,22);1H. The summed E-state index contributed by atoms with van der Waals surface area (Å²) in [5.74, 6) is 0.844. The zero-order chi connectivity index (χ0) is 16.4. The molecule has 0 aliphatic heterocycles. The van der Waals surface area contributed by atoms with Gasteiger partial charge < -0.3 is 10.1 Å². The van der Waals surface area contributed by atoms with Crippen LogP contribution in [0.3, 0.4) is 0 Å². The van der Waals surface area contributed by atoms with E-state index in [2.05, 4.69) is 10.3 Å². The van der Waals surface area contributed by atoms with E-state index >= 15 is 0 Å². The molecule has 3 aromatic rings. The Labute approximate surface area is 153 Å². The van der Waals surface area contributed by atoms with Gasteiger partial charge in [0.05, 0.1) is 12.1 Å². The first-order valence-electron chi connectivity index (χ1n) is 7.65. The van der Waals surface area contributed by atoms with E-state index in [0.29, 0.717) is 6.61 Å². The molecule has 1 N–H and O–H groups in total. The van der Waals surface area contributed by atoms with Crippen LogP contribution in [0.25, 0.3) is 10.9 Å². The lowest BCUT2D eigenvalue weighted by Crippen LogP contribution is -1.98. The average Bonchev–Trinajstić information content (AvgIpc) is 2.52. The number of nitrogens with zero attached hydrogens (tertiary/aromatic N) is 1. The SMILES string of the molecule is CCOc1ccc2nc(C)cc(Nc3cccc(Cl)c3C)c2c1.Cl. The molecule has 3 rings (SSSR count). The molecule has 0 saturated heterocycles. The van der Waals surface area contributed by atoms with Gasteiger partial charge in [-0.15, -0.1) is 12.4 Å². The average molecular weight is 363 g/mol. The Morgan fingerprint density at radius 2 is 1.88 bits per heavy atom. The van der Waals surface area contributed by atoms with Crippen molar-refractivity contribution in [2.75, 3.05) is 11.9 Å². The van der Waals surface area contributed by atoms with Crippen LogP contribution in [0.15, 0.2) is 42.5 Å². The molecule has 0 fully saturated rings. The Kier molecular flexibility index (Phi) is 5.92. The van der Waals surface area contributed by atoms with Gasteiger partial charge in [-0.25, -0.2) is 0 Å². The third-order valence-corrected chi connectivity index (χ3v) is 4.17. The van der Waals surface area contributed by atoms with E-state index in [0.717, 1.165) is 44.3 Å². The predicted octanol–water partition coefficient (Wildman–Crippen LogP) is 6.07. The molecule has 2 aromatic carbocycles. The van der Waals surface area contributed by atoms with Crippen molar-refractivity contribution < 1.29 is 4.74 Å². The summed E-state index contributed by atoms with van der Waals surface area (Å²) in [6.45, 7) is 6.62. The van der Waals surface area contributed by atoms with Gasteiger partial charge in [0.2, 0.25) is 0 Å². The van der Waals surface area contributed by atoms with Crippen LogP contribution in [-0.4, -0.2) is 11.6 Å². The molecular formula is C19H20Cl2N2O. The number of pyridine rings is 1. The fourth-order valence-corrected chi connectivity index (χ4v) is 2.76. The molecule has 0 unspecified atom stereocenters. The minimum Gasteiger partial charge on any atom is -0.494 e. The zero-order valence-corrected chi connectivity index (χ0v) is 15.5. The molecule has 0 spiro atoms. The Bertz CT molecular complexity index is 865. The van der Waals surface area contributed by atoms with Gasteiger partial charge in [-0.3, -0.25) is 4.98 Å². The Balaban J connectivity index is 0.00000208. The zero-order valence-electron chi connectivity index (χ0n) is 13.9. The second-order valence-electron chi connectivity index (χ2n) is 5.46. The van der Waals surface area contributed by atoms with Crippen molar-refractivity contribution in [2.24, 2.45) is 0 Å². The summed E-state index contributed by atoms with van der Waals surface area (Å²) in [6.07, 6.45) is 0. The molecule has 1 aromatic heterocycles. The van der Waals surface area contributed by atoms with E-state index in [-0.39, 0.29) is 12.4 Å². The van der Waals surface area contributed by atoms with E-state index in [9.17, 15) is 0 Å². The summed E-state index contributed by atoms with van der Waals surface area (Å²) in [4.78, 5) is 4.60. The van der Waals surface area contributed by atoms with E-state index in [1.54, 1.807) is 0 Å². The highest BCUT2D eigenvalue weighted by Gasteiger charge is 2.08. The summed E-state index contributed by atoms with van der Waals surface area (Å²) in [5, 5.41) is 5.26.